The van der Waals surface area contributed by atoms with E-state index in [-0.39, 0.29) is 5.75 Å². The van der Waals surface area contributed by atoms with Gasteiger partial charge in [-0.3, -0.25) is 0 Å². The van der Waals surface area contributed by atoms with E-state index < -0.39 is 39.6 Å². The molecule has 0 aliphatic rings. The maximum Gasteiger partial charge on any atom is 0.534 e. The Morgan fingerprint density at radius 3 is 1.97 bits per heavy atom. The topological polar surface area (TPSA) is 78.9 Å². The lowest BCUT2D eigenvalue weighted by atomic mass is 10.2. The Hall–Kier alpha value is -2.40. The molecule has 0 saturated heterocycles. The van der Waals surface area contributed by atoms with Crippen LogP contribution in [0.1, 0.15) is 26.3 Å². The molecule has 31 heavy (non-hydrogen) atoms. The SMILES string of the molecule is CC(C)(C)OC(=O)COc1ccc(OS(=O)(=O)C(F)(F)F)cc1.Cc1cccc([SH2+])c1. The van der Waals surface area contributed by atoms with Crippen LogP contribution >= 0.6 is 0 Å². The van der Waals surface area contributed by atoms with Gasteiger partial charge in [0.25, 0.3) is 0 Å². The Kier molecular flexibility index (Phi) is 9.25. The third kappa shape index (κ3) is 10.5. The molecular formula is C20H24F3O6S2+. The van der Waals surface area contributed by atoms with Crippen LogP contribution < -0.4 is 8.92 Å². The Bertz CT molecular complexity index is 948. The van der Waals surface area contributed by atoms with Crippen LogP contribution in [-0.2, 0) is 32.3 Å². The number of esters is 1. The van der Waals surface area contributed by atoms with E-state index in [1.807, 2.05) is 12.1 Å². The van der Waals surface area contributed by atoms with Crippen molar-refractivity contribution in [1.82, 2.24) is 0 Å². The van der Waals surface area contributed by atoms with E-state index in [0.717, 1.165) is 29.2 Å². The van der Waals surface area contributed by atoms with Gasteiger partial charge in [-0.25, -0.2) is 4.79 Å². The van der Waals surface area contributed by atoms with E-state index in [1.54, 1.807) is 20.8 Å². The highest BCUT2D eigenvalue weighted by atomic mass is 32.2. The van der Waals surface area contributed by atoms with Crippen molar-refractivity contribution in [2.75, 3.05) is 6.61 Å². The number of aryl methyl sites for hydroxylation is 1. The third-order valence-corrected chi connectivity index (χ3v) is 4.40. The third-order valence-electron chi connectivity index (χ3n) is 3.11. The van der Waals surface area contributed by atoms with Crippen LogP contribution in [0.3, 0.4) is 0 Å². The molecular weight excluding hydrogens is 457 g/mol. The molecule has 0 aliphatic heterocycles. The average Bonchev–Trinajstić information content (AvgIpc) is 2.59. The van der Waals surface area contributed by atoms with Gasteiger partial charge in [0.1, 0.15) is 17.1 Å². The molecule has 0 saturated carbocycles. The van der Waals surface area contributed by atoms with Gasteiger partial charge in [0, 0.05) is 0 Å². The molecule has 6 nitrogen and oxygen atoms in total. The highest BCUT2D eigenvalue weighted by molar-refractivity contribution is 7.88. The van der Waals surface area contributed by atoms with Crippen LogP contribution in [-0.4, -0.2) is 32.1 Å². The molecule has 0 bridgehead atoms. The molecule has 0 fully saturated rings. The van der Waals surface area contributed by atoms with Crippen LogP contribution in [0, 0.1) is 6.92 Å². The Morgan fingerprint density at radius 2 is 1.55 bits per heavy atom. The second-order valence-corrected chi connectivity index (χ2v) is 9.31. The van der Waals surface area contributed by atoms with E-state index in [4.69, 9.17) is 9.47 Å². The van der Waals surface area contributed by atoms with Crippen molar-refractivity contribution >= 4 is 28.7 Å². The van der Waals surface area contributed by atoms with Gasteiger partial charge in [0.05, 0.1) is 0 Å². The lowest BCUT2D eigenvalue weighted by Crippen LogP contribution is -2.28. The van der Waals surface area contributed by atoms with Gasteiger partial charge in [-0.1, -0.05) is 12.1 Å². The monoisotopic (exact) mass is 481 g/mol. The maximum atomic E-state index is 12.2. The van der Waals surface area contributed by atoms with Crippen LogP contribution in [0.5, 0.6) is 11.5 Å². The predicted molar refractivity (Wildman–Crippen MR) is 113 cm³/mol. The molecule has 0 aliphatic carbocycles. The first kappa shape index (κ1) is 26.6. The number of alkyl halides is 3. The van der Waals surface area contributed by atoms with E-state index in [0.29, 0.717) is 0 Å². The fourth-order valence-electron chi connectivity index (χ4n) is 1.92. The smallest absolute Gasteiger partial charge is 0.482 e. The summed E-state index contributed by atoms with van der Waals surface area (Å²) >= 11 is 3.41. The minimum atomic E-state index is -5.72. The Labute approximate surface area is 184 Å². The molecule has 0 aromatic heterocycles. The Balaban J connectivity index is 0.000000500. The highest BCUT2D eigenvalue weighted by Crippen LogP contribution is 2.27. The summed E-state index contributed by atoms with van der Waals surface area (Å²) in [6, 6.07) is 12.4. The lowest BCUT2D eigenvalue weighted by Gasteiger charge is -2.19. The molecule has 0 unspecified atom stereocenters. The van der Waals surface area contributed by atoms with Crippen molar-refractivity contribution < 1.29 is 40.0 Å². The fourth-order valence-corrected chi connectivity index (χ4v) is 2.71. The van der Waals surface area contributed by atoms with Crippen molar-refractivity contribution in [2.45, 2.75) is 43.7 Å². The van der Waals surface area contributed by atoms with E-state index >= 15 is 0 Å². The molecule has 2 aromatic carbocycles. The Morgan fingerprint density at radius 1 is 1.00 bits per heavy atom. The number of benzene rings is 2. The molecule has 0 radical (unpaired) electrons. The zero-order valence-electron chi connectivity index (χ0n) is 17.3. The van der Waals surface area contributed by atoms with Gasteiger partial charge in [-0.05, 0) is 82.3 Å². The molecule has 0 N–H and O–H groups in total. The van der Waals surface area contributed by atoms with Gasteiger partial charge in [0.15, 0.2) is 11.5 Å². The van der Waals surface area contributed by atoms with Crippen LogP contribution in [0.15, 0.2) is 53.4 Å². The van der Waals surface area contributed by atoms with Crippen LogP contribution in [0.2, 0.25) is 0 Å². The summed E-state index contributed by atoms with van der Waals surface area (Å²) in [4.78, 5) is 12.6. The van der Waals surface area contributed by atoms with Crippen molar-refractivity contribution in [3.8, 4) is 11.5 Å². The molecule has 2 rings (SSSR count). The number of carbonyl (C=O) groups excluding carboxylic acids is 1. The van der Waals surface area contributed by atoms with Crippen LogP contribution in [0.25, 0.3) is 0 Å². The van der Waals surface area contributed by atoms with Crippen molar-refractivity contribution in [1.29, 1.82) is 0 Å². The normalized spacial score (nSPS) is 11.7. The summed E-state index contributed by atoms with van der Waals surface area (Å²) in [5, 5.41) is 0. The number of halogens is 3. The standard InChI is InChI=1S/C13H15F3O6S.C7H8S/c1-12(2,3)21-11(17)8-20-9-4-6-10(7-5-9)22-23(18,19)13(14,15)16;1-6-3-2-4-7(8)5-6/h4-7H,8H2,1-3H3;2-5,8H,1H3/p+1. The van der Waals surface area contributed by atoms with E-state index in [1.165, 1.54) is 5.56 Å². The number of carbonyl (C=O) groups is 1. The maximum absolute atomic E-state index is 12.2. The number of hydrogen-bond acceptors (Lipinski definition) is 6. The van der Waals surface area contributed by atoms with Crippen molar-refractivity contribution in [3.05, 3.63) is 54.1 Å². The highest BCUT2D eigenvalue weighted by Gasteiger charge is 2.48. The van der Waals surface area contributed by atoms with E-state index in [2.05, 4.69) is 35.9 Å². The molecule has 172 valence electrons. The zero-order valence-corrected chi connectivity index (χ0v) is 19.1. The van der Waals surface area contributed by atoms with Gasteiger partial charge >= 0.3 is 21.6 Å². The quantitative estimate of drug-likeness (QED) is 0.278. The number of rotatable bonds is 5. The average molecular weight is 482 g/mol. The summed E-state index contributed by atoms with van der Waals surface area (Å²) in [6.45, 7) is 6.70. The molecule has 0 heterocycles. The molecule has 11 heteroatoms. The number of ether oxygens (including phenoxy) is 2. The van der Waals surface area contributed by atoms with Crippen LogP contribution in [0.4, 0.5) is 13.2 Å². The van der Waals surface area contributed by atoms with Gasteiger partial charge < -0.3 is 13.7 Å². The van der Waals surface area contributed by atoms with Crippen molar-refractivity contribution in [3.63, 3.8) is 0 Å². The second kappa shape index (κ2) is 10.8. The van der Waals surface area contributed by atoms with Gasteiger partial charge in [-0.15, -0.1) is 0 Å². The largest absolute Gasteiger partial charge is 0.534 e. The van der Waals surface area contributed by atoms with Gasteiger partial charge in [0.2, 0.25) is 0 Å². The lowest BCUT2D eigenvalue weighted by molar-refractivity contribution is -0.157. The molecule has 2 aromatic rings. The minimum Gasteiger partial charge on any atom is -0.482 e. The minimum absolute atomic E-state index is 0.132. The van der Waals surface area contributed by atoms with Gasteiger partial charge in [-0.2, -0.15) is 21.6 Å². The molecule has 0 atom stereocenters. The fraction of sp³-hybridized carbons (Fsp3) is 0.350. The predicted octanol–water partition coefficient (Wildman–Crippen LogP) is 4.00. The summed E-state index contributed by atoms with van der Waals surface area (Å²) in [5.41, 5.74) is -4.90. The summed E-state index contributed by atoms with van der Waals surface area (Å²) < 4.78 is 72.1. The van der Waals surface area contributed by atoms with Crippen molar-refractivity contribution in [2.24, 2.45) is 0 Å². The molecule has 0 amide bonds. The molecule has 0 spiro atoms. The second-order valence-electron chi connectivity index (χ2n) is 7.20. The first-order chi connectivity index (χ1) is 14.1. The van der Waals surface area contributed by atoms with E-state index in [9.17, 15) is 26.4 Å². The first-order valence-corrected chi connectivity index (χ1v) is 10.7. The summed E-state index contributed by atoms with van der Waals surface area (Å²) in [5.74, 6) is -1.03. The number of hydrogen-bond donors (Lipinski definition) is 0. The summed E-state index contributed by atoms with van der Waals surface area (Å²) in [7, 11) is -5.72. The first-order valence-electron chi connectivity index (χ1n) is 8.83. The zero-order chi connectivity index (χ0) is 23.9. The summed E-state index contributed by atoms with van der Waals surface area (Å²) in [6.07, 6.45) is 0.